The summed E-state index contributed by atoms with van der Waals surface area (Å²) in [5.74, 6) is -8.63. The molecule has 25 nitrogen and oxygen atoms in total. The largest absolute Gasteiger partial charge is 0.480 e. The molecule has 0 aromatic carbocycles. The predicted molar refractivity (Wildman–Crippen MR) is 203 cm³/mol. The summed E-state index contributed by atoms with van der Waals surface area (Å²) < 4.78 is 0. The number of aromatic amines is 1. The number of aliphatic carboxylic acids is 1. The van der Waals surface area contributed by atoms with Crippen molar-refractivity contribution in [2.24, 2.45) is 33.8 Å². The Morgan fingerprint density at radius 2 is 1.26 bits per heavy atom. The monoisotopic (exact) mass is 827 g/mol. The number of carbonyl (C=O) groups is 8. The summed E-state index contributed by atoms with van der Waals surface area (Å²) in [7, 11) is 0. The summed E-state index contributed by atoms with van der Waals surface area (Å²) >= 11 is 0. The molecule has 7 amide bonds. The summed E-state index contributed by atoms with van der Waals surface area (Å²) in [6.07, 6.45) is 0.514. The van der Waals surface area contributed by atoms with Crippen molar-refractivity contribution >= 4 is 53.3 Å². The van der Waals surface area contributed by atoms with Gasteiger partial charge in [-0.05, 0) is 38.5 Å². The van der Waals surface area contributed by atoms with E-state index in [9.17, 15) is 58.8 Å². The topological polar surface area (TPSA) is 435 Å². The van der Waals surface area contributed by atoms with Crippen molar-refractivity contribution in [1.82, 2.24) is 41.9 Å². The predicted octanol–water partition coefficient (Wildman–Crippen LogP) is -7.00. The van der Waals surface area contributed by atoms with E-state index in [-0.39, 0.29) is 56.9 Å². The maximum absolute atomic E-state index is 13.8. The second kappa shape index (κ2) is 25.4. The third-order valence-corrected chi connectivity index (χ3v) is 8.24. The van der Waals surface area contributed by atoms with E-state index >= 15 is 0 Å². The molecule has 25 heteroatoms. The normalized spacial score (nSPS) is 15.2. The molecule has 0 saturated heterocycles. The average Bonchev–Trinajstić information content (AvgIpc) is 3.66. The number of hydrogen-bond acceptors (Lipinski definition) is 14. The van der Waals surface area contributed by atoms with Gasteiger partial charge < -0.3 is 80.2 Å². The average molecular weight is 828 g/mol. The quantitative estimate of drug-likeness (QED) is 0.0223. The number of aliphatic hydroxyl groups excluding tert-OH is 3. The number of aliphatic hydroxyl groups is 3. The van der Waals surface area contributed by atoms with Gasteiger partial charge in [0.15, 0.2) is 5.96 Å². The number of rotatable bonds is 27. The number of aliphatic imine (C=N–C) groups is 1. The number of H-pyrrole nitrogens is 1. The fourth-order valence-corrected chi connectivity index (χ4v) is 5.12. The minimum Gasteiger partial charge on any atom is -0.480 e. The van der Waals surface area contributed by atoms with E-state index in [2.05, 4.69) is 46.9 Å². The number of amides is 7. The second-order valence-corrected chi connectivity index (χ2v) is 13.7. The van der Waals surface area contributed by atoms with E-state index in [0.717, 1.165) is 0 Å². The summed E-state index contributed by atoms with van der Waals surface area (Å²) in [6.45, 7) is 2.73. The van der Waals surface area contributed by atoms with Crippen LogP contribution in [0.25, 0.3) is 0 Å². The van der Waals surface area contributed by atoms with E-state index in [4.69, 9.17) is 22.9 Å². The molecule has 0 fully saturated rings. The molecule has 1 aromatic rings. The van der Waals surface area contributed by atoms with Gasteiger partial charge in [0.25, 0.3) is 0 Å². The highest BCUT2D eigenvalue weighted by atomic mass is 16.4. The molecule has 0 aliphatic heterocycles. The third kappa shape index (κ3) is 18.4. The number of imidazole rings is 1. The van der Waals surface area contributed by atoms with E-state index < -0.39 is 109 Å². The number of carbonyl (C=O) groups excluding carboxylic acids is 7. The van der Waals surface area contributed by atoms with Crippen molar-refractivity contribution in [2.45, 2.75) is 108 Å². The number of primary amides is 1. The lowest BCUT2D eigenvalue weighted by molar-refractivity contribution is -0.143. The minimum atomic E-state index is -1.74. The Morgan fingerprint density at radius 1 is 0.741 bits per heavy atom. The molecule has 0 aliphatic carbocycles. The van der Waals surface area contributed by atoms with Gasteiger partial charge in [0.2, 0.25) is 41.4 Å². The fraction of sp³-hybridized carbons (Fsp3) is 0.636. The highest BCUT2D eigenvalue weighted by Crippen LogP contribution is 2.09. The highest BCUT2D eigenvalue weighted by molar-refractivity contribution is 5.97. The van der Waals surface area contributed by atoms with Crippen LogP contribution in [0.5, 0.6) is 0 Å². The number of nitrogens with one attached hydrogen (secondary N) is 7. The summed E-state index contributed by atoms with van der Waals surface area (Å²) in [6, 6.07) is -10.6. The second-order valence-electron chi connectivity index (χ2n) is 13.7. The Hall–Kier alpha value is -5.92. The Kier molecular flexibility index (Phi) is 21.9. The molecule has 1 heterocycles. The number of hydrogen-bond donors (Lipinski definition) is 15. The maximum atomic E-state index is 13.8. The molecular formula is C33H57N13O12. The number of aromatic nitrogens is 2. The van der Waals surface area contributed by atoms with Gasteiger partial charge >= 0.3 is 5.97 Å². The number of nitrogens with two attached hydrogens (primary N) is 4. The molecule has 58 heavy (non-hydrogen) atoms. The zero-order valence-electron chi connectivity index (χ0n) is 32.5. The van der Waals surface area contributed by atoms with Crippen LogP contribution in [0, 0.1) is 5.92 Å². The molecule has 0 spiro atoms. The maximum Gasteiger partial charge on any atom is 0.326 e. The molecule has 0 saturated carbocycles. The lowest BCUT2D eigenvalue weighted by Gasteiger charge is -2.28. The van der Waals surface area contributed by atoms with Gasteiger partial charge in [0.1, 0.15) is 36.3 Å². The fourth-order valence-electron chi connectivity index (χ4n) is 5.12. The SMILES string of the molecule is CC(C)C[C@H](NC(=O)[C@H](Cc1cnc[nH]1)NC(=O)[C@H](CO)NC(=O)[C@H](CO)NC(=O)[C@@H](N)CCC(N)=O)C(=O)N[C@H](C(=O)N[C@@H](CCCN=C(N)N)C(=O)O)[C@@H](C)O. The molecule has 1 rings (SSSR count). The number of guanidine groups is 1. The van der Waals surface area contributed by atoms with Crippen molar-refractivity contribution in [3.05, 3.63) is 18.2 Å². The zero-order chi connectivity index (χ0) is 44.1. The van der Waals surface area contributed by atoms with E-state index in [1.165, 1.54) is 19.4 Å². The summed E-state index contributed by atoms with van der Waals surface area (Å²) in [4.78, 5) is 112. The Morgan fingerprint density at radius 3 is 1.74 bits per heavy atom. The van der Waals surface area contributed by atoms with E-state index in [0.29, 0.717) is 5.69 Å². The number of nitrogens with zero attached hydrogens (tertiary/aromatic N) is 2. The molecule has 8 atom stereocenters. The zero-order valence-corrected chi connectivity index (χ0v) is 32.5. The summed E-state index contributed by atoms with van der Waals surface area (Å²) in [5.41, 5.74) is 21.6. The van der Waals surface area contributed by atoms with Gasteiger partial charge in [-0.25, -0.2) is 9.78 Å². The van der Waals surface area contributed by atoms with Crippen LogP contribution < -0.4 is 54.8 Å². The highest BCUT2D eigenvalue weighted by Gasteiger charge is 2.35. The first-order valence-electron chi connectivity index (χ1n) is 18.2. The Balaban J connectivity index is 3.20. The van der Waals surface area contributed by atoms with Crippen LogP contribution in [-0.4, -0.2) is 152 Å². The van der Waals surface area contributed by atoms with Gasteiger partial charge in [-0.2, -0.15) is 0 Å². The van der Waals surface area contributed by atoms with Crippen LogP contribution in [-0.2, 0) is 44.8 Å². The molecule has 0 bridgehead atoms. The molecular weight excluding hydrogens is 770 g/mol. The first-order valence-corrected chi connectivity index (χ1v) is 18.2. The first-order chi connectivity index (χ1) is 27.2. The van der Waals surface area contributed by atoms with Crippen molar-refractivity contribution in [3.8, 4) is 0 Å². The van der Waals surface area contributed by atoms with Crippen molar-refractivity contribution in [2.75, 3.05) is 19.8 Å². The Labute approximate surface area is 333 Å². The van der Waals surface area contributed by atoms with Crippen molar-refractivity contribution < 1.29 is 58.8 Å². The van der Waals surface area contributed by atoms with Gasteiger partial charge in [-0.3, -0.25) is 38.6 Å². The molecule has 1 aromatic heterocycles. The number of carboxylic acid groups (broad SMARTS) is 1. The van der Waals surface area contributed by atoms with Crippen LogP contribution in [0.3, 0.4) is 0 Å². The standard InChI is InChI=1S/C33H57N13O12/c1-15(2)9-20(28(53)46-25(16(3)49)31(56)41-19(32(57)58)5-4-8-39-33(36)37)42-27(52)21(10-17-11-38-14-40-17)43-29(54)23(13-48)45-30(55)22(12-47)44-26(51)18(34)6-7-24(35)50/h11,14-16,18-23,25,47-49H,4-10,12-13,34H2,1-3H3,(H2,35,50)(H,38,40)(H,41,56)(H,42,52)(H,43,54)(H,44,51)(H,45,55)(H,46,53)(H,57,58)(H4,36,37,39)/t16-,18+,19+,20+,21+,22+,23+,25+/m1/s1. The molecule has 0 radical (unpaired) electrons. The van der Waals surface area contributed by atoms with E-state index in [1.54, 1.807) is 13.8 Å². The van der Waals surface area contributed by atoms with Gasteiger partial charge in [0.05, 0.1) is 31.7 Å². The van der Waals surface area contributed by atoms with Crippen molar-refractivity contribution in [1.29, 1.82) is 0 Å². The molecule has 19 N–H and O–H groups in total. The van der Waals surface area contributed by atoms with Crippen molar-refractivity contribution in [3.63, 3.8) is 0 Å². The molecule has 0 unspecified atom stereocenters. The van der Waals surface area contributed by atoms with Crippen LogP contribution in [0.1, 0.15) is 58.6 Å². The lowest BCUT2D eigenvalue weighted by atomic mass is 10.0. The van der Waals surface area contributed by atoms with Crippen LogP contribution in [0.4, 0.5) is 0 Å². The van der Waals surface area contributed by atoms with Gasteiger partial charge in [0, 0.05) is 31.3 Å². The molecule has 326 valence electrons. The first kappa shape index (κ1) is 50.1. The summed E-state index contributed by atoms with van der Waals surface area (Å²) in [5, 5.41) is 53.6. The number of carboxylic acids is 1. The van der Waals surface area contributed by atoms with Crippen LogP contribution in [0.2, 0.25) is 0 Å². The third-order valence-electron chi connectivity index (χ3n) is 8.24. The molecule has 0 aliphatic rings. The van der Waals surface area contributed by atoms with Gasteiger partial charge in [-0.15, -0.1) is 0 Å². The van der Waals surface area contributed by atoms with Gasteiger partial charge in [-0.1, -0.05) is 13.8 Å². The van der Waals surface area contributed by atoms with E-state index in [1.807, 2.05) is 0 Å². The van der Waals surface area contributed by atoms with Crippen LogP contribution >= 0.6 is 0 Å². The smallest absolute Gasteiger partial charge is 0.326 e. The van der Waals surface area contributed by atoms with Crippen LogP contribution in [0.15, 0.2) is 17.5 Å². The minimum absolute atomic E-state index is 0.0191. The Bertz CT molecular complexity index is 1570. The lowest BCUT2D eigenvalue weighted by Crippen LogP contribution is -2.62.